The largest absolute Gasteiger partial charge is 0.477 e. The first kappa shape index (κ1) is 67.1. The summed E-state index contributed by atoms with van der Waals surface area (Å²) in [5.41, 5.74) is 0.803. The molecule has 2 fully saturated rings. The zero-order valence-corrected chi connectivity index (χ0v) is 55.5. The Kier molecular flexibility index (Phi) is 22.1. The summed E-state index contributed by atoms with van der Waals surface area (Å²) in [6.07, 6.45) is 10.3. The average Bonchev–Trinajstić information content (AvgIpc) is 4.40. The minimum atomic E-state index is -4.14. The highest BCUT2D eigenvalue weighted by Gasteiger charge is 2.40. The van der Waals surface area contributed by atoms with Gasteiger partial charge in [-0.05, 0) is 110 Å². The third kappa shape index (κ3) is 18.7. The van der Waals surface area contributed by atoms with Crippen molar-refractivity contribution in [2.24, 2.45) is 25.9 Å². The van der Waals surface area contributed by atoms with Crippen molar-refractivity contribution in [3.8, 4) is 23.4 Å². The molecule has 2 aliphatic heterocycles. The third-order valence-electron chi connectivity index (χ3n) is 13.5. The Morgan fingerprint density at radius 1 is 0.683 bits per heavy atom. The van der Waals surface area contributed by atoms with Crippen molar-refractivity contribution in [1.82, 2.24) is 63.9 Å². The number of ether oxygens (including phenoxy) is 2. The van der Waals surface area contributed by atoms with E-state index in [0.717, 1.165) is 25.2 Å². The normalized spacial score (nSPS) is 16.8. The van der Waals surface area contributed by atoms with E-state index in [1.165, 1.54) is 70.5 Å². The van der Waals surface area contributed by atoms with Gasteiger partial charge in [0.05, 0.1) is 35.7 Å². The lowest BCUT2D eigenvalue weighted by Crippen LogP contribution is -2.41. The molecule has 2 saturated heterocycles. The van der Waals surface area contributed by atoms with Crippen molar-refractivity contribution >= 4 is 77.8 Å². The van der Waals surface area contributed by atoms with Gasteiger partial charge in [-0.3, -0.25) is 19.0 Å². The number of rotatable bonds is 19. The lowest BCUT2D eigenvalue weighted by Gasteiger charge is -2.34. The summed E-state index contributed by atoms with van der Waals surface area (Å²) >= 11 is 6.18. The van der Waals surface area contributed by atoms with Gasteiger partial charge in [0.2, 0.25) is 11.8 Å². The standard InChI is InChI=1S/C27H41N7O4SSi.C20H27ClN6O4SSi.C7H15N.ClH/c1-19-16-27(3,4)33(17-19)25-21(26(35)31-39(36,37)22-18-32(5)29-20(22)2)10-11-23(28-25)34-13-12-24(30-34)38-14-9-15-40(6,7)8;1-14-16(13-26(2)23-14)32(29,30)25-20(28)15-7-8-17(22-19(15)21)27-10-9-18(24-27)31-11-6-12-33(3,4)5;1-6-4-7(2,3)8-5-6;/h10-13,18-19H,9,14-17H2,1-8H3,(H,31,35);7-10,13H,6,11-12H2,1-5H3,(H,25,28);6,8H,4-5H2,1-3H3;1H/t19-;;6-;/m0.0./s1. The number of anilines is 1. The first-order chi connectivity index (χ1) is 37.5. The molecule has 0 spiro atoms. The highest BCUT2D eigenvalue weighted by atomic mass is 35.5. The Morgan fingerprint density at radius 3 is 1.50 bits per heavy atom. The van der Waals surface area contributed by atoms with E-state index in [0.29, 0.717) is 66.1 Å². The van der Waals surface area contributed by atoms with Crippen LogP contribution in [0.15, 0.2) is 71.0 Å². The number of carbonyl (C=O) groups excluding carboxylic acids is 2. The maximum Gasteiger partial charge on any atom is 0.268 e. The number of amides is 2. The number of carbonyl (C=O) groups is 2. The molecule has 2 amide bonds. The summed E-state index contributed by atoms with van der Waals surface area (Å²) in [5, 5.41) is 20.2. The molecule has 452 valence electrons. The number of hydrogen-bond acceptors (Lipinski definition) is 16. The Bertz CT molecular complexity index is 3410. The fraction of sp³-hybridized carbons (Fsp3) is 0.556. The Balaban J connectivity index is 0.000000265. The second-order valence-corrected chi connectivity index (χ2v) is 39.9. The first-order valence-corrected chi connectivity index (χ1v) is 38.0. The average molecular weight is 1250 g/mol. The molecule has 0 saturated carbocycles. The highest BCUT2D eigenvalue weighted by molar-refractivity contribution is 7.90. The number of nitrogens with zero attached hydrogens (tertiary/aromatic N) is 11. The number of sulfonamides is 2. The monoisotopic (exact) mass is 1250 g/mol. The van der Waals surface area contributed by atoms with Crippen molar-refractivity contribution in [2.75, 3.05) is 31.2 Å². The molecule has 6 aromatic rings. The summed E-state index contributed by atoms with van der Waals surface area (Å²) in [5.74, 6) is 1.86. The van der Waals surface area contributed by atoms with Crippen LogP contribution in [-0.2, 0) is 34.1 Å². The molecule has 0 aliphatic carbocycles. The van der Waals surface area contributed by atoms with Crippen LogP contribution in [0.25, 0.3) is 11.6 Å². The van der Waals surface area contributed by atoms with Crippen molar-refractivity contribution in [2.45, 2.75) is 153 Å². The van der Waals surface area contributed by atoms with E-state index < -0.39 is 48.0 Å². The number of nitrogens with one attached hydrogen (secondary N) is 3. The van der Waals surface area contributed by atoms with E-state index in [-0.39, 0.29) is 49.7 Å². The Hall–Kier alpha value is -5.65. The lowest BCUT2D eigenvalue weighted by molar-refractivity contribution is 0.0972. The molecular weight excluding hydrogens is 1160 g/mol. The van der Waals surface area contributed by atoms with Crippen LogP contribution in [0.3, 0.4) is 0 Å². The number of halogens is 2. The summed E-state index contributed by atoms with van der Waals surface area (Å²) in [7, 11) is -7.26. The van der Waals surface area contributed by atoms with E-state index in [2.05, 4.69) is 121 Å². The molecule has 6 aromatic heterocycles. The van der Waals surface area contributed by atoms with Crippen LogP contribution in [-0.4, -0.2) is 131 Å². The van der Waals surface area contributed by atoms with Crippen LogP contribution in [0, 0.1) is 25.7 Å². The van der Waals surface area contributed by atoms with Crippen molar-refractivity contribution in [3.05, 3.63) is 88.9 Å². The molecule has 8 heterocycles. The minimum absolute atomic E-state index is 0. The molecule has 22 nitrogen and oxygen atoms in total. The third-order valence-corrected chi connectivity index (χ3v) is 20.4. The zero-order chi connectivity index (χ0) is 60.0. The fourth-order valence-corrected chi connectivity index (χ4v) is 14.8. The molecular formula is C54H84Cl2N14O8S2Si2. The molecule has 28 heteroatoms. The molecule has 0 unspecified atom stereocenters. The summed E-state index contributed by atoms with van der Waals surface area (Å²) in [4.78, 5) is 37.0. The maximum absolute atomic E-state index is 13.5. The lowest BCUT2D eigenvalue weighted by atomic mass is 9.97. The molecule has 0 bridgehead atoms. The summed E-state index contributed by atoms with van der Waals surface area (Å²) in [6.45, 7) is 33.3. The van der Waals surface area contributed by atoms with Gasteiger partial charge in [0.15, 0.2) is 11.6 Å². The fourth-order valence-electron chi connectivity index (χ4n) is 9.83. The predicted octanol–water partition coefficient (Wildman–Crippen LogP) is 9.16. The van der Waals surface area contributed by atoms with Crippen molar-refractivity contribution in [3.63, 3.8) is 0 Å². The van der Waals surface area contributed by atoms with E-state index >= 15 is 0 Å². The number of aryl methyl sites for hydroxylation is 4. The van der Waals surface area contributed by atoms with Crippen LogP contribution in [0.4, 0.5) is 5.82 Å². The van der Waals surface area contributed by atoms with Crippen LogP contribution in [0.1, 0.15) is 99.3 Å². The van der Waals surface area contributed by atoms with Crippen molar-refractivity contribution in [1.29, 1.82) is 0 Å². The van der Waals surface area contributed by atoms with Gasteiger partial charge < -0.3 is 19.7 Å². The van der Waals surface area contributed by atoms with Gasteiger partial charge in [-0.15, -0.1) is 22.6 Å². The van der Waals surface area contributed by atoms with Gasteiger partial charge in [-0.1, -0.05) is 76.8 Å². The molecule has 0 aromatic carbocycles. The minimum Gasteiger partial charge on any atom is -0.477 e. The molecule has 0 radical (unpaired) electrons. The van der Waals surface area contributed by atoms with Gasteiger partial charge in [-0.2, -0.15) is 10.2 Å². The van der Waals surface area contributed by atoms with Gasteiger partial charge in [0, 0.05) is 84.8 Å². The molecule has 82 heavy (non-hydrogen) atoms. The second kappa shape index (κ2) is 26.9. The van der Waals surface area contributed by atoms with Crippen LogP contribution >= 0.6 is 24.0 Å². The second-order valence-electron chi connectivity index (χ2n) is 25.0. The molecule has 8 rings (SSSR count). The number of aromatic nitrogens is 10. The van der Waals surface area contributed by atoms with Crippen molar-refractivity contribution < 1.29 is 35.9 Å². The topological polar surface area (TPSA) is 257 Å². The number of pyridine rings is 2. The predicted molar refractivity (Wildman–Crippen MR) is 328 cm³/mol. The SMILES string of the molecule is C[C@@H]1CNC(C)(C)C1.Cc1nn(C)cc1S(=O)(=O)NC(=O)c1ccc(-n2ccc(OCCC[Si](C)(C)C)n2)nc1Cl.Cc1nn(C)cc1S(=O)(=O)NC(=O)c1ccc(-n2ccc(OCCC[Si](C)(C)C)n2)nc1N1C[C@@H](C)CC1(C)C.Cl. The van der Waals surface area contributed by atoms with E-state index in [4.69, 9.17) is 26.1 Å². The van der Waals surface area contributed by atoms with Gasteiger partial charge in [-0.25, -0.2) is 45.6 Å². The van der Waals surface area contributed by atoms with Gasteiger partial charge in [0.25, 0.3) is 31.9 Å². The quantitative estimate of drug-likeness (QED) is 0.0388. The maximum atomic E-state index is 13.5. The van der Waals surface area contributed by atoms with Crippen LogP contribution in [0.2, 0.25) is 56.5 Å². The van der Waals surface area contributed by atoms with E-state index in [1.54, 1.807) is 62.4 Å². The zero-order valence-electron chi connectivity index (χ0n) is 50.3. The summed E-state index contributed by atoms with van der Waals surface area (Å²) < 4.78 is 72.8. The van der Waals surface area contributed by atoms with Gasteiger partial charge in [0.1, 0.15) is 20.8 Å². The Labute approximate surface area is 497 Å². The highest BCUT2D eigenvalue weighted by Crippen LogP contribution is 2.38. The number of hydrogen-bond donors (Lipinski definition) is 3. The van der Waals surface area contributed by atoms with Crippen LogP contribution in [0.5, 0.6) is 11.8 Å². The van der Waals surface area contributed by atoms with E-state index in [1.807, 2.05) is 4.72 Å². The smallest absolute Gasteiger partial charge is 0.268 e. The summed E-state index contributed by atoms with van der Waals surface area (Å²) in [6, 6.07) is 12.0. The first-order valence-electron chi connectivity index (χ1n) is 27.2. The Morgan fingerprint density at radius 2 is 1.13 bits per heavy atom. The molecule has 2 atom stereocenters. The van der Waals surface area contributed by atoms with Gasteiger partial charge >= 0.3 is 0 Å². The molecule has 3 N–H and O–H groups in total. The molecule has 2 aliphatic rings. The van der Waals surface area contributed by atoms with E-state index in [9.17, 15) is 26.4 Å². The van der Waals surface area contributed by atoms with Crippen LogP contribution < -0.4 is 29.1 Å².